The predicted molar refractivity (Wildman–Crippen MR) is 135 cm³/mol. The van der Waals surface area contributed by atoms with E-state index in [1.807, 2.05) is 0 Å². The van der Waals surface area contributed by atoms with Crippen molar-refractivity contribution >= 4 is 5.91 Å². The van der Waals surface area contributed by atoms with Crippen molar-refractivity contribution in [2.24, 2.45) is 5.92 Å². The number of phenolic OH excluding ortho intramolecular Hbond substituents is 1. The summed E-state index contributed by atoms with van der Waals surface area (Å²) in [4.78, 5) is 12.0. The average molecular weight is 444 g/mol. The number of allylic oxidation sites excluding steroid dienone is 4. The summed E-state index contributed by atoms with van der Waals surface area (Å²) in [5, 5.41) is 12.5. The minimum atomic E-state index is 0.0768. The van der Waals surface area contributed by atoms with Gasteiger partial charge in [0.1, 0.15) is 0 Å². The van der Waals surface area contributed by atoms with E-state index in [1.165, 1.54) is 52.1 Å². The molecule has 0 saturated carbocycles. The van der Waals surface area contributed by atoms with Crippen LogP contribution in [0.25, 0.3) is 0 Å². The van der Waals surface area contributed by atoms with Crippen LogP contribution < -0.4 is 10.1 Å². The van der Waals surface area contributed by atoms with Crippen LogP contribution in [-0.2, 0) is 11.3 Å². The molecular formula is C28H45NO3. The van der Waals surface area contributed by atoms with E-state index in [0.29, 0.717) is 18.7 Å². The van der Waals surface area contributed by atoms with Gasteiger partial charge in [0, 0.05) is 13.0 Å². The number of hydrogen-bond acceptors (Lipinski definition) is 3. The van der Waals surface area contributed by atoms with Crippen LogP contribution in [0.2, 0.25) is 0 Å². The zero-order valence-electron chi connectivity index (χ0n) is 20.6. The highest BCUT2D eigenvalue weighted by Crippen LogP contribution is 2.26. The Morgan fingerprint density at radius 3 is 2.56 bits per heavy atom. The van der Waals surface area contributed by atoms with Crippen molar-refractivity contribution in [1.82, 2.24) is 5.32 Å². The van der Waals surface area contributed by atoms with Crippen molar-refractivity contribution in [3.05, 3.63) is 48.1 Å². The Hall–Kier alpha value is -2.23. The maximum atomic E-state index is 12.0. The third-order valence-electron chi connectivity index (χ3n) is 5.86. The molecule has 0 bridgehead atoms. The van der Waals surface area contributed by atoms with Gasteiger partial charge in [-0.25, -0.2) is 0 Å². The first kappa shape index (κ1) is 27.8. The van der Waals surface area contributed by atoms with Gasteiger partial charge in [0.2, 0.25) is 5.91 Å². The Balaban J connectivity index is 1.99. The van der Waals surface area contributed by atoms with E-state index in [4.69, 9.17) is 4.74 Å². The molecule has 1 aromatic rings. The van der Waals surface area contributed by atoms with Gasteiger partial charge in [-0.2, -0.15) is 0 Å². The predicted octanol–water partition coefficient (Wildman–Crippen LogP) is 7.47. The Labute approximate surface area is 196 Å². The molecule has 0 fully saturated rings. The lowest BCUT2D eigenvalue weighted by Gasteiger charge is -2.09. The molecule has 0 spiro atoms. The largest absolute Gasteiger partial charge is 0.504 e. The third-order valence-corrected chi connectivity index (χ3v) is 5.86. The molecule has 0 aliphatic rings. The summed E-state index contributed by atoms with van der Waals surface area (Å²) in [6, 6.07) is 5.12. The Morgan fingerprint density at radius 2 is 1.81 bits per heavy atom. The van der Waals surface area contributed by atoms with Gasteiger partial charge >= 0.3 is 0 Å². The summed E-state index contributed by atoms with van der Waals surface area (Å²) in [7, 11) is 1.52. The Kier molecular flexibility index (Phi) is 15.9. The molecule has 32 heavy (non-hydrogen) atoms. The zero-order valence-corrected chi connectivity index (χ0v) is 20.6. The fraction of sp³-hybridized carbons (Fsp3) is 0.607. The number of nitrogens with one attached hydrogen (secondary N) is 1. The van der Waals surface area contributed by atoms with Crippen LogP contribution in [0.5, 0.6) is 11.5 Å². The van der Waals surface area contributed by atoms with Gasteiger partial charge < -0.3 is 15.2 Å². The van der Waals surface area contributed by atoms with Crippen molar-refractivity contribution in [3.63, 3.8) is 0 Å². The van der Waals surface area contributed by atoms with Crippen LogP contribution >= 0.6 is 0 Å². The van der Waals surface area contributed by atoms with Crippen LogP contribution in [-0.4, -0.2) is 18.1 Å². The molecule has 1 atom stereocenters. The molecule has 4 nitrogen and oxygen atoms in total. The summed E-state index contributed by atoms with van der Waals surface area (Å²) >= 11 is 0. The van der Waals surface area contributed by atoms with E-state index in [1.54, 1.807) is 18.2 Å². The van der Waals surface area contributed by atoms with Crippen LogP contribution in [0.4, 0.5) is 0 Å². The quantitative estimate of drug-likeness (QED) is 0.183. The smallest absolute Gasteiger partial charge is 0.220 e. The van der Waals surface area contributed by atoms with Crippen molar-refractivity contribution in [3.8, 4) is 11.5 Å². The molecule has 1 aromatic carbocycles. The number of carbonyl (C=O) groups excluding carboxylic acids is 1. The summed E-state index contributed by atoms with van der Waals surface area (Å²) in [5.74, 6) is 1.47. The zero-order chi connectivity index (χ0) is 23.4. The summed E-state index contributed by atoms with van der Waals surface area (Å²) in [6.45, 7) is 5.01. The minimum Gasteiger partial charge on any atom is -0.504 e. The molecule has 0 aromatic heterocycles. The van der Waals surface area contributed by atoms with Crippen molar-refractivity contribution < 1.29 is 14.6 Å². The van der Waals surface area contributed by atoms with Crippen LogP contribution in [0.15, 0.2) is 42.5 Å². The lowest BCUT2D eigenvalue weighted by Crippen LogP contribution is -2.22. The van der Waals surface area contributed by atoms with Gasteiger partial charge in [-0.05, 0) is 55.7 Å². The number of ether oxygens (including phenoxy) is 1. The topological polar surface area (TPSA) is 58.6 Å². The maximum Gasteiger partial charge on any atom is 0.220 e. The van der Waals surface area contributed by atoms with E-state index in [2.05, 4.69) is 43.5 Å². The van der Waals surface area contributed by atoms with Crippen LogP contribution in [0, 0.1) is 5.92 Å². The molecule has 2 N–H and O–H groups in total. The van der Waals surface area contributed by atoms with Gasteiger partial charge in [0.05, 0.1) is 7.11 Å². The standard InChI is InChI=1S/C28H45NO3/c1-4-17-24(5-2)18-15-13-11-9-7-6-8-10-12-14-16-19-28(31)29-23-25-20-21-26(30)27(22-25)32-3/h7,9,13,15,20-22,24,30H,4-6,8,10-12,14,16-19,23H2,1-3H3,(H,29,31). The number of phenols is 1. The lowest BCUT2D eigenvalue weighted by molar-refractivity contribution is -0.121. The number of hydrogen-bond donors (Lipinski definition) is 2. The molecule has 4 heteroatoms. The Morgan fingerprint density at radius 1 is 1.06 bits per heavy atom. The monoisotopic (exact) mass is 443 g/mol. The van der Waals surface area contributed by atoms with Crippen LogP contribution in [0.1, 0.15) is 96.5 Å². The number of unbranched alkanes of at least 4 members (excludes halogenated alkanes) is 5. The average Bonchev–Trinajstić information content (AvgIpc) is 2.80. The van der Waals surface area contributed by atoms with Crippen molar-refractivity contribution in [2.45, 2.75) is 97.4 Å². The number of aromatic hydroxyl groups is 1. The number of amides is 1. The van der Waals surface area contributed by atoms with Gasteiger partial charge in [-0.15, -0.1) is 0 Å². The molecule has 1 rings (SSSR count). The van der Waals surface area contributed by atoms with E-state index < -0.39 is 0 Å². The van der Waals surface area contributed by atoms with E-state index in [9.17, 15) is 9.90 Å². The van der Waals surface area contributed by atoms with Gasteiger partial charge in [0.25, 0.3) is 0 Å². The van der Waals surface area contributed by atoms with Gasteiger partial charge in [-0.3, -0.25) is 4.79 Å². The first-order valence-electron chi connectivity index (χ1n) is 12.5. The molecular weight excluding hydrogens is 398 g/mol. The summed E-state index contributed by atoms with van der Waals surface area (Å²) in [5.41, 5.74) is 0.915. The highest BCUT2D eigenvalue weighted by molar-refractivity contribution is 5.75. The summed E-state index contributed by atoms with van der Waals surface area (Å²) < 4.78 is 5.09. The molecule has 0 saturated heterocycles. The minimum absolute atomic E-state index is 0.0768. The molecule has 0 aliphatic carbocycles. The second kappa shape index (κ2) is 18.4. The molecule has 0 radical (unpaired) electrons. The first-order chi connectivity index (χ1) is 15.6. The summed E-state index contributed by atoms with van der Waals surface area (Å²) in [6.07, 6.45) is 22.8. The van der Waals surface area contributed by atoms with Gasteiger partial charge in [0.15, 0.2) is 11.5 Å². The fourth-order valence-electron chi connectivity index (χ4n) is 3.77. The number of benzene rings is 1. The lowest BCUT2D eigenvalue weighted by atomic mass is 9.97. The second-order valence-corrected chi connectivity index (χ2v) is 8.57. The fourth-order valence-corrected chi connectivity index (χ4v) is 3.77. The number of rotatable bonds is 18. The highest BCUT2D eigenvalue weighted by atomic mass is 16.5. The normalized spacial score (nSPS) is 12.5. The van der Waals surface area contributed by atoms with Crippen LogP contribution in [0.3, 0.4) is 0 Å². The highest BCUT2D eigenvalue weighted by Gasteiger charge is 2.05. The SMILES string of the molecule is CCCC(CC)CC=CCC=CCCCCCCCC(=O)NCc1ccc(O)c(OC)c1. The maximum absolute atomic E-state index is 12.0. The number of carbonyl (C=O) groups is 1. The first-order valence-corrected chi connectivity index (χ1v) is 12.5. The molecule has 1 unspecified atom stereocenters. The van der Waals surface area contributed by atoms with Crippen molar-refractivity contribution in [2.75, 3.05) is 7.11 Å². The Bertz CT molecular complexity index is 681. The van der Waals surface area contributed by atoms with E-state index in [-0.39, 0.29) is 11.7 Å². The van der Waals surface area contributed by atoms with E-state index in [0.717, 1.165) is 37.2 Å². The second-order valence-electron chi connectivity index (χ2n) is 8.57. The number of methoxy groups -OCH3 is 1. The molecule has 180 valence electrons. The van der Waals surface area contributed by atoms with E-state index >= 15 is 0 Å². The van der Waals surface area contributed by atoms with Gasteiger partial charge in [-0.1, -0.05) is 82.7 Å². The third kappa shape index (κ3) is 13.2. The molecule has 1 amide bonds. The molecule has 0 heterocycles. The van der Waals surface area contributed by atoms with Crippen molar-refractivity contribution in [1.29, 1.82) is 0 Å². The molecule has 0 aliphatic heterocycles.